The molecular weight excluding hydrogens is 294 g/mol. The van der Waals surface area contributed by atoms with Gasteiger partial charge in [0, 0.05) is 43.7 Å². The van der Waals surface area contributed by atoms with Crippen LogP contribution in [-0.4, -0.2) is 47.1 Å². The average Bonchev–Trinajstić information content (AvgIpc) is 3.23. The van der Waals surface area contributed by atoms with Gasteiger partial charge in [-0.2, -0.15) is 0 Å². The van der Waals surface area contributed by atoms with Crippen LogP contribution in [0.25, 0.3) is 5.69 Å². The molecule has 2 heterocycles. The van der Waals surface area contributed by atoms with E-state index in [9.17, 15) is 9.59 Å². The van der Waals surface area contributed by atoms with Gasteiger partial charge in [0.2, 0.25) is 5.91 Å². The van der Waals surface area contributed by atoms with Gasteiger partial charge in [0.05, 0.1) is 6.10 Å². The number of methoxy groups -OCH3 is 1. The summed E-state index contributed by atoms with van der Waals surface area (Å²) in [6.07, 6.45) is 4.10. The second-order valence-corrected chi connectivity index (χ2v) is 5.61. The molecule has 2 aromatic rings. The van der Waals surface area contributed by atoms with Crippen LogP contribution in [0.2, 0.25) is 0 Å². The summed E-state index contributed by atoms with van der Waals surface area (Å²) in [6.45, 7) is 0.372. The van der Waals surface area contributed by atoms with Crippen LogP contribution in [0.5, 0.6) is 0 Å². The molecule has 2 atom stereocenters. The largest absolute Gasteiger partial charge is 0.380 e. The molecule has 0 radical (unpaired) electrons. The van der Waals surface area contributed by atoms with Crippen molar-refractivity contribution < 1.29 is 14.3 Å². The highest BCUT2D eigenvalue weighted by atomic mass is 16.5. The topological polar surface area (TPSA) is 77.6 Å². The SMILES string of the molecule is CO[C@H]1C[C@@H](C(N)=O)N(C(=O)c2cccc(-n3cccc3)c2)C1. The van der Waals surface area contributed by atoms with Crippen LogP contribution in [-0.2, 0) is 9.53 Å². The molecule has 1 aliphatic rings. The third-order valence-corrected chi connectivity index (χ3v) is 4.18. The Hall–Kier alpha value is -2.60. The Bertz CT molecular complexity index is 712. The zero-order valence-electron chi connectivity index (χ0n) is 12.9. The van der Waals surface area contributed by atoms with Gasteiger partial charge in [-0.15, -0.1) is 0 Å². The standard InChI is InChI=1S/C17H19N3O3/c1-23-14-10-15(16(18)21)20(11-14)17(22)12-5-4-6-13(9-12)19-7-2-3-8-19/h2-9,14-15H,10-11H2,1H3,(H2,18,21)/t14-,15-/m0/s1. The van der Waals surface area contributed by atoms with Crippen molar-refractivity contribution >= 4 is 11.8 Å². The van der Waals surface area contributed by atoms with Crippen molar-refractivity contribution in [2.45, 2.75) is 18.6 Å². The van der Waals surface area contributed by atoms with E-state index in [1.165, 1.54) is 4.90 Å². The molecule has 120 valence electrons. The summed E-state index contributed by atoms with van der Waals surface area (Å²) >= 11 is 0. The fraction of sp³-hybridized carbons (Fsp3) is 0.294. The van der Waals surface area contributed by atoms with Gasteiger partial charge < -0.3 is 19.9 Å². The molecule has 3 rings (SSSR count). The molecule has 2 amide bonds. The van der Waals surface area contributed by atoms with E-state index in [1.54, 1.807) is 19.2 Å². The highest BCUT2D eigenvalue weighted by Crippen LogP contribution is 2.23. The Morgan fingerprint density at radius 2 is 1.96 bits per heavy atom. The number of rotatable bonds is 4. The van der Waals surface area contributed by atoms with E-state index >= 15 is 0 Å². The minimum absolute atomic E-state index is 0.163. The molecule has 0 spiro atoms. The molecule has 0 saturated carbocycles. The summed E-state index contributed by atoms with van der Waals surface area (Å²) in [5.41, 5.74) is 6.85. The number of aromatic nitrogens is 1. The van der Waals surface area contributed by atoms with Crippen LogP contribution in [0.3, 0.4) is 0 Å². The van der Waals surface area contributed by atoms with Crippen LogP contribution in [0, 0.1) is 0 Å². The van der Waals surface area contributed by atoms with Crippen molar-refractivity contribution in [3.8, 4) is 5.69 Å². The summed E-state index contributed by atoms with van der Waals surface area (Å²) in [5, 5.41) is 0. The van der Waals surface area contributed by atoms with Crippen LogP contribution < -0.4 is 5.73 Å². The first-order valence-corrected chi connectivity index (χ1v) is 7.46. The number of hydrogen-bond donors (Lipinski definition) is 1. The van der Waals surface area contributed by atoms with Crippen molar-refractivity contribution in [2.24, 2.45) is 5.73 Å². The van der Waals surface area contributed by atoms with Gasteiger partial charge in [0.1, 0.15) is 6.04 Å². The predicted octanol–water partition coefficient (Wildman–Crippen LogP) is 1.19. The quantitative estimate of drug-likeness (QED) is 0.921. The second kappa shape index (κ2) is 6.26. The predicted molar refractivity (Wildman–Crippen MR) is 85.2 cm³/mol. The fourth-order valence-electron chi connectivity index (χ4n) is 2.93. The lowest BCUT2D eigenvalue weighted by atomic mass is 10.1. The van der Waals surface area contributed by atoms with Crippen molar-refractivity contribution in [3.05, 3.63) is 54.4 Å². The van der Waals surface area contributed by atoms with Crippen molar-refractivity contribution in [3.63, 3.8) is 0 Å². The lowest BCUT2D eigenvalue weighted by Crippen LogP contribution is -2.43. The van der Waals surface area contributed by atoms with E-state index in [1.807, 2.05) is 41.2 Å². The zero-order valence-corrected chi connectivity index (χ0v) is 12.9. The third kappa shape index (κ3) is 2.98. The normalized spacial score (nSPS) is 20.7. The molecule has 0 aliphatic carbocycles. The summed E-state index contributed by atoms with van der Waals surface area (Å²) in [4.78, 5) is 25.9. The Labute approximate surface area is 134 Å². The lowest BCUT2D eigenvalue weighted by Gasteiger charge is -2.22. The summed E-state index contributed by atoms with van der Waals surface area (Å²) in [7, 11) is 1.57. The number of likely N-dealkylation sites (tertiary alicyclic amines) is 1. The molecule has 0 unspecified atom stereocenters. The number of benzene rings is 1. The maximum atomic E-state index is 12.8. The maximum Gasteiger partial charge on any atom is 0.254 e. The van der Waals surface area contributed by atoms with Crippen LogP contribution in [0.4, 0.5) is 0 Å². The average molecular weight is 313 g/mol. The number of primary amides is 1. The third-order valence-electron chi connectivity index (χ3n) is 4.18. The van der Waals surface area contributed by atoms with Gasteiger partial charge in [-0.3, -0.25) is 9.59 Å². The Morgan fingerprint density at radius 1 is 1.22 bits per heavy atom. The van der Waals surface area contributed by atoms with Crippen LogP contribution in [0.1, 0.15) is 16.8 Å². The smallest absolute Gasteiger partial charge is 0.254 e. The van der Waals surface area contributed by atoms with Gasteiger partial charge in [0.15, 0.2) is 0 Å². The van der Waals surface area contributed by atoms with Crippen molar-refractivity contribution in [2.75, 3.05) is 13.7 Å². The van der Waals surface area contributed by atoms with E-state index in [2.05, 4.69) is 0 Å². The first-order valence-electron chi connectivity index (χ1n) is 7.46. The number of hydrogen-bond acceptors (Lipinski definition) is 3. The Morgan fingerprint density at radius 3 is 2.61 bits per heavy atom. The molecule has 1 aromatic carbocycles. The highest BCUT2D eigenvalue weighted by Gasteiger charge is 2.39. The maximum absolute atomic E-state index is 12.8. The first kappa shape index (κ1) is 15.3. The van der Waals surface area contributed by atoms with Gasteiger partial charge in [-0.1, -0.05) is 6.07 Å². The fourth-order valence-corrected chi connectivity index (χ4v) is 2.93. The number of amides is 2. The molecule has 1 aromatic heterocycles. The zero-order chi connectivity index (χ0) is 16.4. The highest BCUT2D eigenvalue weighted by molar-refractivity contribution is 5.98. The molecule has 0 bridgehead atoms. The first-order chi connectivity index (χ1) is 11.1. The second-order valence-electron chi connectivity index (χ2n) is 5.61. The van der Waals surface area contributed by atoms with E-state index in [-0.39, 0.29) is 12.0 Å². The van der Waals surface area contributed by atoms with Gasteiger partial charge in [0.25, 0.3) is 5.91 Å². The monoisotopic (exact) mass is 313 g/mol. The lowest BCUT2D eigenvalue weighted by molar-refractivity contribution is -0.121. The minimum atomic E-state index is -0.623. The number of nitrogens with zero attached hydrogens (tertiary/aromatic N) is 2. The van der Waals surface area contributed by atoms with Crippen molar-refractivity contribution in [1.82, 2.24) is 9.47 Å². The number of carbonyl (C=O) groups is 2. The summed E-state index contributed by atoms with van der Waals surface area (Å²) in [5.74, 6) is -0.707. The molecule has 6 nitrogen and oxygen atoms in total. The van der Waals surface area contributed by atoms with Gasteiger partial charge in [-0.05, 0) is 30.3 Å². The van der Waals surface area contributed by atoms with E-state index < -0.39 is 11.9 Å². The Kier molecular flexibility index (Phi) is 4.16. The molecular formula is C17H19N3O3. The minimum Gasteiger partial charge on any atom is -0.380 e. The van der Waals surface area contributed by atoms with Crippen LogP contribution >= 0.6 is 0 Å². The molecule has 1 saturated heterocycles. The number of carbonyl (C=O) groups excluding carboxylic acids is 2. The number of nitrogens with two attached hydrogens (primary N) is 1. The number of ether oxygens (including phenoxy) is 1. The molecule has 2 N–H and O–H groups in total. The molecule has 1 fully saturated rings. The Balaban J connectivity index is 1.88. The molecule has 23 heavy (non-hydrogen) atoms. The van der Waals surface area contributed by atoms with E-state index in [0.717, 1.165) is 5.69 Å². The molecule has 1 aliphatic heterocycles. The van der Waals surface area contributed by atoms with Crippen molar-refractivity contribution in [1.29, 1.82) is 0 Å². The van der Waals surface area contributed by atoms with Gasteiger partial charge >= 0.3 is 0 Å². The van der Waals surface area contributed by atoms with E-state index in [4.69, 9.17) is 10.5 Å². The van der Waals surface area contributed by atoms with Gasteiger partial charge in [-0.25, -0.2) is 0 Å². The molecule has 6 heteroatoms. The van der Waals surface area contributed by atoms with E-state index in [0.29, 0.717) is 18.5 Å². The summed E-state index contributed by atoms with van der Waals surface area (Å²) < 4.78 is 7.21. The summed E-state index contributed by atoms with van der Waals surface area (Å²) in [6, 6.07) is 10.5. The van der Waals surface area contributed by atoms with Crippen LogP contribution in [0.15, 0.2) is 48.8 Å².